The molecule has 1 fully saturated rings. The summed E-state index contributed by atoms with van der Waals surface area (Å²) in [4.78, 5) is 1.34. The largest absolute Gasteiger partial charge is 0.382 e. The zero-order valence-corrected chi connectivity index (χ0v) is 12.6. The Labute approximate surface area is 116 Å². The van der Waals surface area contributed by atoms with Crippen LogP contribution in [0.1, 0.15) is 39.5 Å². The van der Waals surface area contributed by atoms with E-state index in [0.29, 0.717) is 6.04 Å². The lowest BCUT2D eigenvalue weighted by molar-refractivity contribution is 0.267. The molecule has 0 saturated heterocycles. The summed E-state index contributed by atoms with van der Waals surface area (Å²) in [6, 6.07) is 9.50. The maximum atomic E-state index is 3.68. The maximum absolute atomic E-state index is 3.68. The van der Waals surface area contributed by atoms with Crippen LogP contribution in [0, 0.1) is 11.8 Å². The molecule has 1 saturated carbocycles. The lowest BCUT2D eigenvalue weighted by Gasteiger charge is -2.31. The molecule has 0 spiro atoms. The quantitative estimate of drug-likeness (QED) is 0.764. The Morgan fingerprint density at radius 2 is 1.67 bits per heavy atom. The van der Waals surface area contributed by atoms with Crippen LogP contribution in [0.15, 0.2) is 29.2 Å². The molecule has 18 heavy (non-hydrogen) atoms. The van der Waals surface area contributed by atoms with Crippen LogP contribution in [-0.4, -0.2) is 12.3 Å². The van der Waals surface area contributed by atoms with E-state index in [4.69, 9.17) is 0 Å². The lowest BCUT2D eigenvalue weighted by Crippen LogP contribution is -2.27. The standard InChI is InChI=1S/C16H25NS/c1-12(2)13-4-6-14(7-5-13)17-15-8-10-16(18-3)11-9-15/h8-14,17H,4-7H2,1-3H3. The van der Waals surface area contributed by atoms with Crippen molar-refractivity contribution in [2.45, 2.75) is 50.5 Å². The topological polar surface area (TPSA) is 12.0 Å². The van der Waals surface area contributed by atoms with Gasteiger partial charge >= 0.3 is 0 Å². The van der Waals surface area contributed by atoms with Gasteiger partial charge in [-0.2, -0.15) is 0 Å². The van der Waals surface area contributed by atoms with Crippen molar-refractivity contribution in [3.05, 3.63) is 24.3 Å². The van der Waals surface area contributed by atoms with Gasteiger partial charge in [-0.25, -0.2) is 0 Å². The molecule has 0 heterocycles. The first-order valence-electron chi connectivity index (χ1n) is 7.09. The second-order valence-corrected chi connectivity index (χ2v) is 6.61. The summed E-state index contributed by atoms with van der Waals surface area (Å²) in [7, 11) is 0. The number of benzene rings is 1. The van der Waals surface area contributed by atoms with Crippen LogP contribution in [0.5, 0.6) is 0 Å². The minimum atomic E-state index is 0.681. The van der Waals surface area contributed by atoms with E-state index in [-0.39, 0.29) is 0 Å². The number of thioether (sulfide) groups is 1. The van der Waals surface area contributed by atoms with Crippen LogP contribution in [0.3, 0.4) is 0 Å². The molecule has 0 bridgehead atoms. The van der Waals surface area contributed by atoms with E-state index in [9.17, 15) is 0 Å². The van der Waals surface area contributed by atoms with Crippen LogP contribution in [-0.2, 0) is 0 Å². The van der Waals surface area contributed by atoms with Crippen molar-refractivity contribution in [3.63, 3.8) is 0 Å². The fourth-order valence-corrected chi connectivity index (χ4v) is 3.26. The van der Waals surface area contributed by atoms with Gasteiger partial charge in [0.15, 0.2) is 0 Å². The Kier molecular flexibility index (Phi) is 4.99. The molecule has 0 aromatic heterocycles. The van der Waals surface area contributed by atoms with Gasteiger partial charge in [-0.05, 0) is 68.0 Å². The number of hydrogen-bond acceptors (Lipinski definition) is 2. The highest BCUT2D eigenvalue weighted by Crippen LogP contribution is 2.31. The second-order valence-electron chi connectivity index (χ2n) is 5.73. The Morgan fingerprint density at radius 1 is 1.06 bits per heavy atom. The van der Waals surface area contributed by atoms with Crippen molar-refractivity contribution < 1.29 is 0 Å². The Bertz CT molecular complexity index is 350. The number of nitrogens with one attached hydrogen (secondary N) is 1. The van der Waals surface area contributed by atoms with E-state index in [1.54, 1.807) is 11.8 Å². The van der Waals surface area contributed by atoms with Crippen molar-refractivity contribution in [2.75, 3.05) is 11.6 Å². The molecule has 0 unspecified atom stereocenters. The van der Waals surface area contributed by atoms with Gasteiger partial charge in [0, 0.05) is 16.6 Å². The highest BCUT2D eigenvalue weighted by molar-refractivity contribution is 7.98. The molecule has 2 rings (SSSR count). The van der Waals surface area contributed by atoms with Crippen LogP contribution < -0.4 is 5.32 Å². The molecule has 1 aliphatic carbocycles. The summed E-state index contributed by atoms with van der Waals surface area (Å²) in [6.07, 6.45) is 7.55. The zero-order valence-electron chi connectivity index (χ0n) is 11.8. The smallest absolute Gasteiger partial charge is 0.0343 e. The molecule has 2 heteroatoms. The molecule has 1 aromatic carbocycles. The fourth-order valence-electron chi connectivity index (χ4n) is 2.85. The minimum Gasteiger partial charge on any atom is -0.382 e. The van der Waals surface area contributed by atoms with Crippen LogP contribution in [0.2, 0.25) is 0 Å². The summed E-state index contributed by atoms with van der Waals surface area (Å²) < 4.78 is 0. The van der Waals surface area contributed by atoms with Crippen molar-refractivity contribution in [2.24, 2.45) is 11.8 Å². The van der Waals surface area contributed by atoms with Gasteiger partial charge in [0.1, 0.15) is 0 Å². The van der Waals surface area contributed by atoms with Gasteiger partial charge in [0.2, 0.25) is 0 Å². The minimum absolute atomic E-state index is 0.681. The van der Waals surface area contributed by atoms with Crippen molar-refractivity contribution in [1.29, 1.82) is 0 Å². The van der Waals surface area contributed by atoms with E-state index in [2.05, 4.69) is 49.7 Å². The van der Waals surface area contributed by atoms with E-state index in [1.807, 2.05) is 0 Å². The third-order valence-electron chi connectivity index (χ3n) is 4.18. The van der Waals surface area contributed by atoms with Gasteiger partial charge in [0.05, 0.1) is 0 Å². The highest BCUT2D eigenvalue weighted by Gasteiger charge is 2.22. The molecule has 1 N–H and O–H groups in total. The van der Waals surface area contributed by atoms with E-state index >= 15 is 0 Å². The average molecular weight is 263 g/mol. The normalized spacial score (nSPS) is 24.2. The summed E-state index contributed by atoms with van der Waals surface area (Å²) in [5.41, 5.74) is 1.28. The molecule has 0 aliphatic heterocycles. The number of rotatable bonds is 4. The molecule has 1 aromatic rings. The van der Waals surface area contributed by atoms with E-state index < -0.39 is 0 Å². The van der Waals surface area contributed by atoms with Crippen LogP contribution in [0.4, 0.5) is 5.69 Å². The van der Waals surface area contributed by atoms with Crippen LogP contribution in [0.25, 0.3) is 0 Å². The predicted molar refractivity (Wildman–Crippen MR) is 82.4 cm³/mol. The van der Waals surface area contributed by atoms with Crippen molar-refractivity contribution in [3.8, 4) is 0 Å². The third kappa shape index (κ3) is 3.68. The first-order chi connectivity index (χ1) is 8.69. The Hall–Kier alpha value is -0.630. The molecule has 1 aliphatic rings. The number of hydrogen-bond donors (Lipinski definition) is 1. The first-order valence-corrected chi connectivity index (χ1v) is 8.32. The molecule has 1 nitrogen and oxygen atoms in total. The van der Waals surface area contributed by atoms with Gasteiger partial charge in [-0.15, -0.1) is 11.8 Å². The van der Waals surface area contributed by atoms with Crippen molar-refractivity contribution >= 4 is 17.4 Å². The summed E-state index contributed by atoms with van der Waals surface area (Å²) in [6.45, 7) is 4.72. The van der Waals surface area contributed by atoms with Gasteiger partial charge in [0.25, 0.3) is 0 Å². The highest BCUT2D eigenvalue weighted by atomic mass is 32.2. The average Bonchev–Trinajstić information content (AvgIpc) is 2.40. The summed E-state index contributed by atoms with van der Waals surface area (Å²) in [5.74, 6) is 1.80. The van der Waals surface area contributed by atoms with Gasteiger partial charge in [-0.3, -0.25) is 0 Å². The third-order valence-corrected chi connectivity index (χ3v) is 4.92. The first kappa shape index (κ1) is 13.8. The number of anilines is 1. The van der Waals surface area contributed by atoms with E-state index in [0.717, 1.165) is 11.8 Å². The van der Waals surface area contributed by atoms with Crippen LogP contribution >= 0.6 is 11.8 Å². The molecule has 0 atom stereocenters. The van der Waals surface area contributed by atoms with Gasteiger partial charge < -0.3 is 5.32 Å². The molecular weight excluding hydrogens is 238 g/mol. The molecule has 100 valence electrons. The second kappa shape index (κ2) is 6.51. The van der Waals surface area contributed by atoms with Crippen molar-refractivity contribution in [1.82, 2.24) is 0 Å². The SMILES string of the molecule is CSc1ccc(NC2CCC(C(C)C)CC2)cc1. The summed E-state index contributed by atoms with van der Waals surface area (Å²) >= 11 is 1.80. The fraction of sp³-hybridized carbons (Fsp3) is 0.625. The Morgan fingerprint density at radius 3 is 2.17 bits per heavy atom. The monoisotopic (exact) mass is 263 g/mol. The molecule has 0 amide bonds. The lowest BCUT2D eigenvalue weighted by atomic mass is 9.79. The Balaban J connectivity index is 1.83. The predicted octanol–water partition coefficient (Wildman–Crippen LogP) is 5.04. The molecule has 0 radical (unpaired) electrons. The zero-order chi connectivity index (χ0) is 13.0. The van der Waals surface area contributed by atoms with E-state index in [1.165, 1.54) is 36.3 Å². The molecular formula is C16H25NS. The summed E-state index contributed by atoms with van der Waals surface area (Å²) in [5, 5.41) is 3.68. The van der Waals surface area contributed by atoms with Gasteiger partial charge in [-0.1, -0.05) is 13.8 Å². The maximum Gasteiger partial charge on any atom is 0.0343 e.